The summed E-state index contributed by atoms with van der Waals surface area (Å²) in [6, 6.07) is 0. The molecule has 1 aliphatic heterocycles. The minimum atomic E-state index is -0.333. The molecule has 1 amide bonds. The molecular weight excluding hydrogens is 158 g/mol. The molecule has 4 heteroatoms. The molecule has 1 heterocycles. The number of carbonyl (C=O) groups excluding carboxylic acids is 1. The monoisotopic (exact) mass is 173 g/mol. The van der Waals surface area contributed by atoms with Crippen molar-refractivity contribution in [3.8, 4) is 0 Å². The highest BCUT2D eigenvalue weighted by atomic mass is 16.5. The molecule has 0 spiro atoms. The van der Waals surface area contributed by atoms with E-state index in [4.69, 9.17) is 9.84 Å². The molecule has 0 aromatic carbocycles. The number of amides is 1. The first kappa shape index (κ1) is 9.48. The van der Waals surface area contributed by atoms with Crippen LogP contribution in [0.3, 0.4) is 0 Å². The topological polar surface area (TPSA) is 49.8 Å². The van der Waals surface area contributed by atoms with Gasteiger partial charge in [-0.2, -0.15) is 0 Å². The van der Waals surface area contributed by atoms with Gasteiger partial charge < -0.3 is 14.7 Å². The highest BCUT2D eigenvalue weighted by Crippen LogP contribution is 2.01. The number of rotatable bonds is 3. The summed E-state index contributed by atoms with van der Waals surface area (Å²) in [6.07, 6.45) is 0.312. The predicted octanol–water partition coefficient (Wildman–Crippen LogP) is -0.384. The number of nitrogens with zero attached hydrogens (tertiary/aromatic N) is 1. The SMILES string of the molecule is CC(O)CCN1CCOCC1=O. The summed E-state index contributed by atoms with van der Waals surface area (Å²) in [5.74, 6) is 0.0295. The Kier molecular flexibility index (Phi) is 3.49. The largest absolute Gasteiger partial charge is 0.393 e. The summed E-state index contributed by atoms with van der Waals surface area (Å²) >= 11 is 0. The normalized spacial score (nSPS) is 21.2. The van der Waals surface area contributed by atoms with Crippen LogP contribution in [0.1, 0.15) is 13.3 Å². The third kappa shape index (κ3) is 2.79. The van der Waals surface area contributed by atoms with Crippen LogP contribution in [0.15, 0.2) is 0 Å². The Balaban J connectivity index is 2.25. The molecule has 0 aromatic heterocycles. The van der Waals surface area contributed by atoms with E-state index >= 15 is 0 Å². The minimum Gasteiger partial charge on any atom is -0.393 e. The van der Waals surface area contributed by atoms with E-state index in [1.807, 2.05) is 0 Å². The van der Waals surface area contributed by atoms with Crippen LogP contribution in [0, 0.1) is 0 Å². The Bertz CT molecular complexity index is 158. The van der Waals surface area contributed by atoms with E-state index in [-0.39, 0.29) is 18.6 Å². The molecule has 0 aromatic rings. The van der Waals surface area contributed by atoms with Gasteiger partial charge >= 0.3 is 0 Å². The second-order valence-corrected chi connectivity index (χ2v) is 3.07. The van der Waals surface area contributed by atoms with Crippen LogP contribution >= 0.6 is 0 Å². The van der Waals surface area contributed by atoms with E-state index < -0.39 is 0 Å². The van der Waals surface area contributed by atoms with Crippen LogP contribution in [-0.2, 0) is 9.53 Å². The maximum Gasteiger partial charge on any atom is 0.248 e. The van der Waals surface area contributed by atoms with Crippen molar-refractivity contribution in [3.63, 3.8) is 0 Å². The third-order valence-corrected chi connectivity index (χ3v) is 1.90. The van der Waals surface area contributed by atoms with E-state index in [0.717, 1.165) is 0 Å². The standard InChI is InChI=1S/C8H15NO3/c1-7(10)2-3-9-4-5-12-6-8(9)11/h7,10H,2-6H2,1H3. The lowest BCUT2D eigenvalue weighted by molar-refractivity contribution is -0.142. The van der Waals surface area contributed by atoms with Gasteiger partial charge in [0.1, 0.15) is 6.61 Å². The Morgan fingerprint density at radius 3 is 3.08 bits per heavy atom. The fourth-order valence-electron chi connectivity index (χ4n) is 1.13. The fourth-order valence-corrected chi connectivity index (χ4v) is 1.13. The second-order valence-electron chi connectivity index (χ2n) is 3.07. The van der Waals surface area contributed by atoms with Crippen molar-refractivity contribution in [1.82, 2.24) is 4.90 Å². The van der Waals surface area contributed by atoms with Crippen molar-refractivity contribution in [2.24, 2.45) is 0 Å². The van der Waals surface area contributed by atoms with Gasteiger partial charge in [-0.05, 0) is 13.3 Å². The zero-order valence-electron chi connectivity index (χ0n) is 7.32. The first-order valence-corrected chi connectivity index (χ1v) is 4.23. The maximum atomic E-state index is 11.1. The molecule has 0 radical (unpaired) electrons. The number of ether oxygens (including phenoxy) is 1. The van der Waals surface area contributed by atoms with Gasteiger partial charge in [-0.15, -0.1) is 0 Å². The zero-order chi connectivity index (χ0) is 8.97. The summed E-state index contributed by atoms with van der Waals surface area (Å²) in [6.45, 7) is 3.84. The van der Waals surface area contributed by atoms with Crippen molar-refractivity contribution < 1.29 is 14.6 Å². The molecule has 1 atom stereocenters. The van der Waals surface area contributed by atoms with Crippen molar-refractivity contribution >= 4 is 5.91 Å². The predicted molar refractivity (Wildman–Crippen MR) is 43.7 cm³/mol. The van der Waals surface area contributed by atoms with Gasteiger partial charge in [0.15, 0.2) is 0 Å². The molecule has 1 saturated heterocycles. The van der Waals surface area contributed by atoms with E-state index in [0.29, 0.717) is 26.1 Å². The van der Waals surface area contributed by atoms with E-state index in [9.17, 15) is 4.79 Å². The van der Waals surface area contributed by atoms with Crippen molar-refractivity contribution in [2.75, 3.05) is 26.3 Å². The molecule has 70 valence electrons. The number of aliphatic hydroxyl groups is 1. The average Bonchev–Trinajstić information content (AvgIpc) is 2.03. The smallest absolute Gasteiger partial charge is 0.248 e. The summed E-state index contributed by atoms with van der Waals surface area (Å²) in [5.41, 5.74) is 0. The average molecular weight is 173 g/mol. The number of morpholine rings is 1. The summed E-state index contributed by atoms with van der Waals surface area (Å²) < 4.78 is 4.97. The number of aliphatic hydroxyl groups excluding tert-OH is 1. The lowest BCUT2D eigenvalue weighted by Gasteiger charge is -2.27. The molecule has 1 rings (SSSR count). The van der Waals surface area contributed by atoms with Crippen LogP contribution < -0.4 is 0 Å². The molecular formula is C8H15NO3. The van der Waals surface area contributed by atoms with E-state index in [2.05, 4.69) is 0 Å². The molecule has 1 fully saturated rings. The zero-order valence-corrected chi connectivity index (χ0v) is 7.32. The first-order chi connectivity index (χ1) is 5.70. The maximum absolute atomic E-state index is 11.1. The second kappa shape index (κ2) is 4.42. The van der Waals surface area contributed by atoms with E-state index in [1.54, 1.807) is 11.8 Å². The Morgan fingerprint density at radius 2 is 2.50 bits per heavy atom. The molecule has 1 unspecified atom stereocenters. The Morgan fingerprint density at radius 1 is 1.75 bits per heavy atom. The van der Waals surface area contributed by atoms with Crippen LogP contribution in [0.25, 0.3) is 0 Å². The Labute approximate surface area is 72.1 Å². The molecule has 0 aliphatic carbocycles. The van der Waals surface area contributed by atoms with Gasteiger partial charge in [0.2, 0.25) is 5.91 Å². The highest BCUT2D eigenvalue weighted by Gasteiger charge is 2.17. The van der Waals surface area contributed by atoms with Gasteiger partial charge in [-0.25, -0.2) is 0 Å². The van der Waals surface area contributed by atoms with Crippen LogP contribution in [0.2, 0.25) is 0 Å². The van der Waals surface area contributed by atoms with Gasteiger partial charge in [-0.3, -0.25) is 4.79 Å². The van der Waals surface area contributed by atoms with Crippen LogP contribution in [-0.4, -0.2) is 48.3 Å². The number of carbonyl (C=O) groups is 1. The summed E-state index contributed by atoms with van der Waals surface area (Å²) in [4.78, 5) is 12.9. The van der Waals surface area contributed by atoms with Gasteiger partial charge in [0.05, 0.1) is 12.7 Å². The lowest BCUT2D eigenvalue weighted by atomic mass is 10.2. The Hall–Kier alpha value is -0.610. The minimum absolute atomic E-state index is 0.0295. The van der Waals surface area contributed by atoms with Crippen LogP contribution in [0.4, 0.5) is 0 Å². The molecule has 1 N–H and O–H groups in total. The molecule has 12 heavy (non-hydrogen) atoms. The van der Waals surface area contributed by atoms with E-state index in [1.165, 1.54) is 0 Å². The van der Waals surface area contributed by atoms with Crippen molar-refractivity contribution in [2.45, 2.75) is 19.4 Å². The quantitative estimate of drug-likeness (QED) is 0.632. The van der Waals surface area contributed by atoms with Crippen molar-refractivity contribution in [3.05, 3.63) is 0 Å². The van der Waals surface area contributed by atoms with Gasteiger partial charge in [-0.1, -0.05) is 0 Å². The summed E-state index contributed by atoms with van der Waals surface area (Å²) in [5, 5.41) is 9.00. The van der Waals surface area contributed by atoms with Gasteiger partial charge in [0, 0.05) is 13.1 Å². The molecule has 0 bridgehead atoms. The number of hydrogen-bond acceptors (Lipinski definition) is 3. The number of hydrogen-bond donors (Lipinski definition) is 1. The molecule has 0 saturated carbocycles. The third-order valence-electron chi connectivity index (χ3n) is 1.90. The highest BCUT2D eigenvalue weighted by molar-refractivity contribution is 5.77. The molecule has 4 nitrogen and oxygen atoms in total. The van der Waals surface area contributed by atoms with Crippen molar-refractivity contribution in [1.29, 1.82) is 0 Å². The van der Waals surface area contributed by atoms with Crippen LogP contribution in [0.5, 0.6) is 0 Å². The first-order valence-electron chi connectivity index (χ1n) is 4.23. The molecule has 1 aliphatic rings. The fraction of sp³-hybridized carbons (Fsp3) is 0.875. The lowest BCUT2D eigenvalue weighted by Crippen LogP contribution is -2.42. The summed E-state index contributed by atoms with van der Waals surface area (Å²) in [7, 11) is 0. The van der Waals surface area contributed by atoms with Gasteiger partial charge in [0.25, 0.3) is 0 Å².